The van der Waals surface area contributed by atoms with Gasteiger partial charge in [-0.05, 0) is 122 Å². The third kappa shape index (κ3) is 17.9. The van der Waals surface area contributed by atoms with Crippen molar-refractivity contribution in [3.63, 3.8) is 0 Å². The predicted molar refractivity (Wildman–Crippen MR) is 234 cm³/mol. The van der Waals surface area contributed by atoms with Crippen molar-refractivity contribution in [1.29, 1.82) is 0 Å². The summed E-state index contributed by atoms with van der Waals surface area (Å²) in [7, 11) is 0. The molecular weight excluding hydrogens is 733 g/mol. The zero-order valence-electron chi connectivity index (χ0n) is 30.6. The molecule has 0 aliphatic heterocycles. The quantitative estimate of drug-likeness (QED) is 0.0650. The van der Waals surface area contributed by atoms with E-state index < -0.39 is 5.41 Å². The van der Waals surface area contributed by atoms with Gasteiger partial charge >= 0.3 is 0 Å². The maximum Gasteiger partial charge on any atom is 0.159 e. The molecule has 0 aliphatic carbocycles. The molecule has 4 aromatic carbocycles. The third-order valence-electron chi connectivity index (χ3n) is 8.91. The summed E-state index contributed by atoms with van der Waals surface area (Å²) in [6.07, 6.45) is 9.92. The fraction of sp³-hybridized carbons (Fsp3) is 0.378. The molecule has 0 heterocycles. The van der Waals surface area contributed by atoms with E-state index in [-0.39, 0.29) is 26.4 Å². The first-order valence-electron chi connectivity index (χ1n) is 18.7. The van der Waals surface area contributed by atoms with Crippen LogP contribution in [0.4, 0.5) is 0 Å². The maximum absolute atomic E-state index is 6.32. The van der Waals surface area contributed by atoms with Crippen molar-refractivity contribution in [2.45, 2.75) is 77.0 Å². The van der Waals surface area contributed by atoms with Crippen molar-refractivity contribution in [2.24, 2.45) is 5.41 Å². The molecule has 0 aliphatic rings. The minimum Gasteiger partial charge on any atom is -0.486 e. The van der Waals surface area contributed by atoms with Gasteiger partial charge in [-0.15, -0.1) is 0 Å². The Bertz CT molecular complexity index is 1400. The minimum absolute atomic E-state index is 0.225. The van der Waals surface area contributed by atoms with Gasteiger partial charge in [0.2, 0.25) is 0 Å². The summed E-state index contributed by atoms with van der Waals surface area (Å²) in [5.41, 5.74) is 4.36. The number of thiocarbonyl (C=S) groups is 4. The van der Waals surface area contributed by atoms with E-state index in [1.165, 1.54) is 22.3 Å². The standard InChI is InChI=1S/C45H52O4S4/c50-41(29-13-25-37-17-5-1-6-18-37)46-33-45(34-47-42(51)30-14-26-38-19-7-2-8-20-38,35-48-43(52)31-15-27-39-21-9-3-10-22-39)36-49-44(53)32-16-28-40-23-11-4-12-24-40/h1-12,17-24H,13-16,25-36H2. The largest absolute Gasteiger partial charge is 0.486 e. The van der Waals surface area contributed by atoms with E-state index in [0.717, 1.165) is 51.4 Å². The van der Waals surface area contributed by atoms with Crippen LogP contribution in [0.2, 0.25) is 0 Å². The molecule has 0 unspecified atom stereocenters. The summed E-state index contributed by atoms with van der Waals surface area (Å²) < 4.78 is 25.3. The van der Waals surface area contributed by atoms with Gasteiger partial charge in [0.1, 0.15) is 31.8 Å². The number of hydrogen-bond donors (Lipinski definition) is 0. The van der Waals surface area contributed by atoms with Crippen LogP contribution in [0.15, 0.2) is 121 Å². The molecule has 53 heavy (non-hydrogen) atoms. The highest BCUT2D eigenvalue weighted by molar-refractivity contribution is 7.80. The minimum atomic E-state index is -0.764. The molecule has 0 amide bonds. The monoisotopic (exact) mass is 784 g/mol. The normalized spacial score (nSPS) is 11.0. The van der Waals surface area contributed by atoms with Gasteiger partial charge in [-0.25, -0.2) is 0 Å². The van der Waals surface area contributed by atoms with Gasteiger partial charge in [0.05, 0.1) is 0 Å². The molecule has 0 fully saturated rings. The molecule has 0 saturated heterocycles. The molecule has 0 aromatic heterocycles. The first-order chi connectivity index (χ1) is 25.9. The second kappa shape index (κ2) is 24.7. The van der Waals surface area contributed by atoms with Gasteiger partial charge in [-0.1, -0.05) is 121 Å². The molecule has 0 bridgehead atoms. The van der Waals surface area contributed by atoms with Gasteiger partial charge in [0.25, 0.3) is 0 Å². The van der Waals surface area contributed by atoms with Crippen molar-refractivity contribution < 1.29 is 18.9 Å². The SMILES string of the molecule is S=C(CCCc1ccccc1)OCC(COC(=S)CCCc1ccccc1)(COC(=S)CCCc1ccccc1)COC(=S)CCCc1ccccc1. The van der Waals surface area contributed by atoms with E-state index in [1.807, 2.05) is 24.3 Å². The van der Waals surface area contributed by atoms with Crippen molar-refractivity contribution in [3.05, 3.63) is 144 Å². The van der Waals surface area contributed by atoms with E-state index >= 15 is 0 Å². The highest BCUT2D eigenvalue weighted by Gasteiger charge is 2.36. The van der Waals surface area contributed by atoms with Crippen LogP contribution in [0.5, 0.6) is 0 Å². The lowest BCUT2D eigenvalue weighted by molar-refractivity contribution is -0.0162. The van der Waals surface area contributed by atoms with Gasteiger partial charge in [-0.3, -0.25) is 0 Å². The Kier molecular flexibility index (Phi) is 19.7. The second-order valence-corrected chi connectivity index (χ2v) is 15.3. The summed E-state index contributed by atoms with van der Waals surface area (Å²) in [6.45, 7) is 0.901. The summed E-state index contributed by atoms with van der Waals surface area (Å²) in [5.74, 6) is 0. The van der Waals surface area contributed by atoms with Crippen LogP contribution in [-0.4, -0.2) is 46.6 Å². The second-order valence-electron chi connectivity index (χ2n) is 13.5. The van der Waals surface area contributed by atoms with E-state index in [0.29, 0.717) is 45.9 Å². The average Bonchev–Trinajstić information content (AvgIpc) is 3.19. The number of hydrogen-bond acceptors (Lipinski definition) is 8. The Morgan fingerprint density at radius 1 is 0.340 bits per heavy atom. The van der Waals surface area contributed by atoms with Crippen LogP contribution in [0.1, 0.15) is 73.6 Å². The van der Waals surface area contributed by atoms with E-state index in [9.17, 15) is 0 Å². The van der Waals surface area contributed by atoms with Gasteiger partial charge in [0, 0.05) is 25.7 Å². The lowest BCUT2D eigenvalue weighted by Gasteiger charge is -2.33. The predicted octanol–water partition coefficient (Wildman–Crippen LogP) is 11.4. The van der Waals surface area contributed by atoms with Gasteiger partial charge in [-0.2, -0.15) is 0 Å². The number of benzene rings is 4. The lowest BCUT2D eigenvalue weighted by Crippen LogP contribution is -2.43. The fourth-order valence-corrected chi connectivity index (χ4v) is 6.61. The molecule has 0 saturated carbocycles. The molecule has 0 atom stereocenters. The molecule has 4 nitrogen and oxygen atoms in total. The molecule has 0 spiro atoms. The number of aryl methyl sites for hydroxylation is 4. The number of ether oxygens (including phenoxy) is 4. The molecule has 0 N–H and O–H groups in total. The van der Waals surface area contributed by atoms with Crippen molar-refractivity contribution in [3.8, 4) is 0 Å². The van der Waals surface area contributed by atoms with Gasteiger partial charge in [0.15, 0.2) is 20.2 Å². The van der Waals surface area contributed by atoms with Crippen LogP contribution in [-0.2, 0) is 44.6 Å². The van der Waals surface area contributed by atoms with Crippen LogP contribution >= 0.6 is 48.9 Å². The topological polar surface area (TPSA) is 36.9 Å². The summed E-state index contributed by atoms with van der Waals surface area (Å²) >= 11 is 22.9. The molecule has 280 valence electrons. The first-order valence-corrected chi connectivity index (χ1v) is 20.3. The fourth-order valence-electron chi connectivity index (χ4n) is 5.80. The molecule has 4 rings (SSSR count). The highest BCUT2D eigenvalue weighted by atomic mass is 32.1. The Morgan fingerprint density at radius 3 is 0.755 bits per heavy atom. The van der Waals surface area contributed by atoms with E-state index in [2.05, 4.69) is 97.1 Å². The zero-order valence-corrected chi connectivity index (χ0v) is 33.9. The summed E-state index contributed by atoms with van der Waals surface area (Å²) in [4.78, 5) is 0. The molecule has 8 heteroatoms. The highest BCUT2D eigenvalue weighted by Crippen LogP contribution is 2.24. The molecule has 0 radical (unpaired) electrons. The van der Waals surface area contributed by atoms with Crippen LogP contribution in [0, 0.1) is 5.41 Å². The van der Waals surface area contributed by atoms with Crippen LogP contribution < -0.4 is 0 Å². The van der Waals surface area contributed by atoms with Crippen LogP contribution in [0.25, 0.3) is 0 Å². The average molecular weight is 785 g/mol. The smallest absolute Gasteiger partial charge is 0.159 e. The Morgan fingerprint density at radius 2 is 0.547 bits per heavy atom. The summed E-state index contributed by atoms with van der Waals surface area (Å²) in [5, 5.41) is 2.19. The Balaban J connectivity index is 1.39. The van der Waals surface area contributed by atoms with Gasteiger partial charge < -0.3 is 18.9 Å². The number of rotatable bonds is 24. The first kappa shape index (κ1) is 42.2. The van der Waals surface area contributed by atoms with Crippen molar-refractivity contribution >= 4 is 69.1 Å². The molecular formula is C45H52O4S4. The van der Waals surface area contributed by atoms with E-state index in [4.69, 9.17) is 67.8 Å². The molecule has 4 aromatic rings. The van der Waals surface area contributed by atoms with Crippen molar-refractivity contribution in [2.75, 3.05) is 26.4 Å². The lowest BCUT2D eigenvalue weighted by atomic mass is 9.92. The Hall–Kier alpha value is -3.56. The van der Waals surface area contributed by atoms with Crippen molar-refractivity contribution in [1.82, 2.24) is 0 Å². The summed E-state index contributed by atoms with van der Waals surface area (Å²) in [6, 6.07) is 41.7. The zero-order chi connectivity index (χ0) is 37.4. The van der Waals surface area contributed by atoms with E-state index in [1.54, 1.807) is 0 Å². The third-order valence-corrected chi connectivity index (χ3v) is 10.2. The maximum atomic E-state index is 6.32. The Labute approximate surface area is 338 Å². The van der Waals surface area contributed by atoms with Crippen LogP contribution in [0.3, 0.4) is 0 Å².